The number of nitrogen functional groups attached to an aromatic ring is 1. The summed E-state index contributed by atoms with van der Waals surface area (Å²) in [6.07, 6.45) is 1.93. The average Bonchev–Trinajstić information content (AvgIpc) is 2.81. The number of hydrazine groups is 1. The van der Waals surface area contributed by atoms with E-state index in [2.05, 4.69) is 39.8 Å². The number of hydrogen-bond acceptors (Lipinski definition) is 7. The van der Waals surface area contributed by atoms with Gasteiger partial charge in [-0.2, -0.15) is 0 Å². The van der Waals surface area contributed by atoms with Gasteiger partial charge in [-0.05, 0) is 25.3 Å². The van der Waals surface area contributed by atoms with Gasteiger partial charge < -0.3 is 10.7 Å². The Balaban J connectivity index is 2.08. The Morgan fingerprint density at radius 2 is 2.11 bits per heavy atom. The molecule has 5 nitrogen and oxygen atoms in total. The van der Waals surface area contributed by atoms with E-state index < -0.39 is 0 Å². The van der Waals surface area contributed by atoms with Crippen LogP contribution in [0.25, 0.3) is 0 Å². The maximum Gasteiger partial charge on any atom is 0.191 e. The third-order valence-corrected chi connectivity index (χ3v) is 3.82. The fourth-order valence-electron chi connectivity index (χ4n) is 1.44. The summed E-state index contributed by atoms with van der Waals surface area (Å²) in [5.41, 5.74) is 2.54. The van der Waals surface area contributed by atoms with Crippen molar-refractivity contribution >= 4 is 34.7 Å². The van der Waals surface area contributed by atoms with E-state index in [1.807, 2.05) is 6.26 Å². The first-order valence-corrected chi connectivity index (χ1v) is 7.44. The number of nitrogens with two attached hydrogens (primary N) is 1. The first kappa shape index (κ1) is 13.1. The van der Waals surface area contributed by atoms with E-state index in [0.717, 1.165) is 12.4 Å². The number of thiophene rings is 1. The van der Waals surface area contributed by atoms with Gasteiger partial charge >= 0.3 is 0 Å². The molecule has 18 heavy (non-hydrogen) atoms. The van der Waals surface area contributed by atoms with E-state index >= 15 is 0 Å². The number of rotatable bonds is 5. The van der Waals surface area contributed by atoms with Gasteiger partial charge in [-0.15, -0.1) is 11.3 Å². The molecule has 0 saturated carbocycles. The average molecular weight is 281 g/mol. The molecule has 2 heterocycles. The van der Waals surface area contributed by atoms with Gasteiger partial charge in [-0.3, -0.25) is 0 Å². The van der Waals surface area contributed by atoms with Crippen LogP contribution in [0, 0.1) is 6.92 Å². The van der Waals surface area contributed by atoms with Crippen LogP contribution in [-0.4, -0.2) is 16.2 Å². The first-order chi connectivity index (χ1) is 8.71. The van der Waals surface area contributed by atoms with Crippen LogP contribution in [0.2, 0.25) is 0 Å². The highest BCUT2D eigenvalue weighted by Gasteiger charge is 2.03. The molecule has 0 bridgehead atoms. The molecule has 96 valence electrons. The van der Waals surface area contributed by atoms with Crippen LogP contribution in [0.3, 0.4) is 0 Å². The lowest BCUT2D eigenvalue weighted by molar-refractivity contribution is 0.955. The lowest BCUT2D eigenvalue weighted by Gasteiger charge is -2.07. The molecule has 0 unspecified atom stereocenters. The molecule has 0 atom stereocenters. The van der Waals surface area contributed by atoms with Crippen LogP contribution in [0.1, 0.15) is 9.75 Å². The minimum Gasteiger partial charge on any atom is -0.365 e. The van der Waals surface area contributed by atoms with Gasteiger partial charge in [0.05, 0.1) is 6.54 Å². The molecule has 2 aromatic rings. The molecule has 0 amide bonds. The molecular weight excluding hydrogens is 266 g/mol. The number of anilines is 2. The van der Waals surface area contributed by atoms with Gasteiger partial charge in [-0.25, -0.2) is 15.8 Å². The standard InChI is InChI=1S/C11H15N5S2/c1-7-3-4-8(18-7)6-13-9-5-10(16-12)15-11(14-9)17-2/h3-5H,6,12H2,1-2H3,(H2,13,14,15,16). The highest BCUT2D eigenvalue weighted by Crippen LogP contribution is 2.19. The fraction of sp³-hybridized carbons (Fsp3) is 0.273. The van der Waals surface area contributed by atoms with Crippen molar-refractivity contribution in [1.29, 1.82) is 0 Å². The van der Waals surface area contributed by atoms with E-state index in [0.29, 0.717) is 11.0 Å². The summed E-state index contributed by atoms with van der Waals surface area (Å²) in [5.74, 6) is 6.76. The van der Waals surface area contributed by atoms with Crippen molar-refractivity contribution in [2.24, 2.45) is 5.84 Å². The summed E-state index contributed by atoms with van der Waals surface area (Å²) in [7, 11) is 0. The second-order valence-corrected chi connectivity index (χ2v) is 5.78. The number of hydrogen-bond donors (Lipinski definition) is 3. The van der Waals surface area contributed by atoms with Crippen molar-refractivity contribution in [3.63, 3.8) is 0 Å². The Labute approximate surface area is 114 Å². The molecule has 0 aromatic carbocycles. The number of aryl methyl sites for hydroxylation is 1. The molecular formula is C11H15N5S2. The third-order valence-electron chi connectivity index (χ3n) is 2.28. The maximum absolute atomic E-state index is 5.38. The van der Waals surface area contributed by atoms with Gasteiger partial charge in [-0.1, -0.05) is 11.8 Å². The summed E-state index contributed by atoms with van der Waals surface area (Å²) in [5, 5.41) is 3.96. The molecule has 2 aromatic heterocycles. The molecule has 7 heteroatoms. The van der Waals surface area contributed by atoms with Crippen LogP contribution in [0.15, 0.2) is 23.4 Å². The van der Waals surface area contributed by atoms with E-state index in [1.165, 1.54) is 21.5 Å². The zero-order valence-electron chi connectivity index (χ0n) is 10.2. The Hall–Kier alpha value is -1.31. The van der Waals surface area contributed by atoms with E-state index in [1.54, 1.807) is 17.4 Å². The second-order valence-electron chi connectivity index (χ2n) is 3.64. The molecule has 2 rings (SSSR count). The number of thioether (sulfide) groups is 1. The first-order valence-electron chi connectivity index (χ1n) is 5.40. The quantitative estimate of drug-likeness (QED) is 0.338. The molecule has 0 aliphatic heterocycles. The van der Waals surface area contributed by atoms with Gasteiger partial charge in [0.25, 0.3) is 0 Å². The predicted molar refractivity (Wildman–Crippen MR) is 78.0 cm³/mol. The highest BCUT2D eigenvalue weighted by atomic mass is 32.2. The molecule has 0 fully saturated rings. The predicted octanol–water partition coefficient (Wildman–Crippen LogP) is 2.47. The monoisotopic (exact) mass is 281 g/mol. The summed E-state index contributed by atoms with van der Waals surface area (Å²) in [6, 6.07) is 6.02. The van der Waals surface area contributed by atoms with Crippen LogP contribution in [0.4, 0.5) is 11.6 Å². The van der Waals surface area contributed by atoms with Crippen molar-refractivity contribution in [2.75, 3.05) is 17.0 Å². The summed E-state index contributed by atoms with van der Waals surface area (Å²) >= 11 is 3.26. The van der Waals surface area contributed by atoms with Crippen molar-refractivity contribution in [2.45, 2.75) is 18.6 Å². The summed E-state index contributed by atoms with van der Waals surface area (Å²) < 4.78 is 0. The number of aromatic nitrogens is 2. The van der Waals surface area contributed by atoms with Gasteiger partial charge in [0.1, 0.15) is 11.6 Å². The number of nitrogens with zero attached hydrogens (tertiary/aromatic N) is 2. The minimum absolute atomic E-state index is 0.610. The van der Waals surface area contributed by atoms with Gasteiger partial charge in [0.2, 0.25) is 0 Å². The maximum atomic E-state index is 5.38. The smallest absolute Gasteiger partial charge is 0.191 e. The van der Waals surface area contributed by atoms with Crippen molar-refractivity contribution < 1.29 is 0 Å². The molecule has 0 aliphatic rings. The summed E-state index contributed by atoms with van der Waals surface area (Å²) in [6.45, 7) is 2.86. The Bertz CT molecular complexity index is 504. The second kappa shape index (κ2) is 6.03. The molecule has 0 radical (unpaired) electrons. The van der Waals surface area contributed by atoms with Crippen LogP contribution in [-0.2, 0) is 6.54 Å². The Morgan fingerprint density at radius 1 is 1.33 bits per heavy atom. The van der Waals surface area contributed by atoms with Crippen LogP contribution in [0.5, 0.6) is 0 Å². The zero-order chi connectivity index (χ0) is 13.0. The molecule has 0 saturated heterocycles. The van der Waals surface area contributed by atoms with Crippen molar-refractivity contribution in [1.82, 2.24) is 9.97 Å². The summed E-state index contributed by atoms with van der Waals surface area (Å²) in [4.78, 5) is 11.2. The van der Waals surface area contributed by atoms with Gasteiger partial charge in [0.15, 0.2) is 5.16 Å². The van der Waals surface area contributed by atoms with Crippen molar-refractivity contribution in [3.05, 3.63) is 28.0 Å². The van der Waals surface area contributed by atoms with E-state index in [-0.39, 0.29) is 0 Å². The van der Waals surface area contributed by atoms with E-state index in [4.69, 9.17) is 5.84 Å². The molecule has 0 aliphatic carbocycles. The lowest BCUT2D eigenvalue weighted by Crippen LogP contribution is -2.10. The molecule has 4 N–H and O–H groups in total. The highest BCUT2D eigenvalue weighted by molar-refractivity contribution is 7.98. The fourth-order valence-corrected chi connectivity index (χ4v) is 2.65. The largest absolute Gasteiger partial charge is 0.365 e. The molecule has 0 spiro atoms. The topological polar surface area (TPSA) is 75.9 Å². The third kappa shape index (κ3) is 3.34. The number of nitrogens with one attached hydrogen (secondary N) is 2. The van der Waals surface area contributed by atoms with Gasteiger partial charge in [0, 0.05) is 15.8 Å². The SMILES string of the molecule is CSc1nc(NN)cc(NCc2ccc(C)s2)n1. The zero-order valence-corrected chi connectivity index (χ0v) is 11.9. The Kier molecular flexibility index (Phi) is 4.40. The minimum atomic E-state index is 0.610. The normalized spacial score (nSPS) is 10.4. The van der Waals surface area contributed by atoms with Crippen LogP contribution < -0.4 is 16.6 Å². The van der Waals surface area contributed by atoms with Crippen LogP contribution >= 0.6 is 23.1 Å². The van der Waals surface area contributed by atoms with Crippen molar-refractivity contribution in [3.8, 4) is 0 Å². The van der Waals surface area contributed by atoms with E-state index in [9.17, 15) is 0 Å². The Morgan fingerprint density at radius 3 is 2.72 bits per heavy atom. The lowest BCUT2D eigenvalue weighted by atomic mass is 10.4.